The molecule has 0 unspecified atom stereocenters. The molecule has 0 fully saturated rings. The Bertz CT molecular complexity index is 1060. The van der Waals surface area contributed by atoms with Gasteiger partial charge in [0.2, 0.25) is 0 Å². The lowest BCUT2D eigenvalue weighted by atomic mass is 10.0. The Morgan fingerprint density at radius 3 is 2.45 bits per heavy atom. The first kappa shape index (κ1) is 20.4. The van der Waals surface area contributed by atoms with E-state index in [9.17, 15) is 4.79 Å². The van der Waals surface area contributed by atoms with E-state index in [-0.39, 0.29) is 5.91 Å². The monoisotopic (exact) mass is 390 g/mol. The highest BCUT2D eigenvalue weighted by atomic mass is 16.5. The van der Waals surface area contributed by atoms with Crippen molar-refractivity contribution in [2.45, 2.75) is 13.8 Å². The SMILES string of the molecule is C=C(C)CN(CC)C(=O)c1cc(-c2ccc(OC)c(OC)c2)nc2ccccc12. The van der Waals surface area contributed by atoms with Gasteiger partial charge in [-0.1, -0.05) is 30.4 Å². The first-order valence-corrected chi connectivity index (χ1v) is 9.54. The number of carbonyl (C=O) groups is 1. The van der Waals surface area contributed by atoms with Gasteiger partial charge in [-0.25, -0.2) is 4.98 Å². The minimum absolute atomic E-state index is 0.0316. The number of benzene rings is 2. The van der Waals surface area contributed by atoms with Gasteiger partial charge in [0, 0.05) is 24.0 Å². The van der Waals surface area contributed by atoms with E-state index in [0.29, 0.717) is 35.8 Å². The number of likely N-dealkylation sites (N-methyl/N-ethyl adjacent to an activating group) is 1. The Morgan fingerprint density at radius 2 is 1.79 bits per heavy atom. The number of aromatic nitrogens is 1. The largest absolute Gasteiger partial charge is 0.493 e. The lowest BCUT2D eigenvalue weighted by Gasteiger charge is -2.22. The van der Waals surface area contributed by atoms with Gasteiger partial charge in [-0.05, 0) is 44.2 Å². The first-order valence-electron chi connectivity index (χ1n) is 9.54. The fraction of sp³-hybridized carbons (Fsp3) is 0.250. The fourth-order valence-electron chi connectivity index (χ4n) is 3.32. The van der Waals surface area contributed by atoms with Gasteiger partial charge >= 0.3 is 0 Å². The summed E-state index contributed by atoms with van der Waals surface area (Å²) in [7, 11) is 3.20. The molecule has 0 aliphatic heterocycles. The van der Waals surface area contributed by atoms with Crippen LogP contribution in [0.25, 0.3) is 22.2 Å². The van der Waals surface area contributed by atoms with Crippen LogP contribution in [0.3, 0.4) is 0 Å². The third-order valence-corrected chi connectivity index (χ3v) is 4.76. The minimum Gasteiger partial charge on any atom is -0.493 e. The van der Waals surface area contributed by atoms with Crippen LogP contribution in [0.15, 0.2) is 60.7 Å². The van der Waals surface area contributed by atoms with E-state index in [1.54, 1.807) is 19.1 Å². The van der Waals surface area contributed by atoms with Gasteiger partial charge in [-0.3, -0.25) is 4.79 Å². The van der Waals surface area contributed by atoms with Crippen LogP contribution in [0.5, 0.6) is 11.5 Å². The Balaban J connectivity index is 2.16. The van der Waals surface area contributed by atoms with Crippen LogP contribution in [-0.4, -0.2) is 43.1 Å². The van der Waals surface area contributed by atoms with Crippen LogP contribution in [0.1, 0.15) is 24.2 Å². The lowest BCUT2D eigenvalue weighted by Crippen LogP contribution is -2.32. The molecule has 0 N–H and O–H groups in total. The van der Waals surface area contributed by atoms with Crippen LogP contribution >= 0.6 is 0 Å². The van der Waals surface area contributed by atoms with Gasteiger partial charge in [0.25, 0.3) is 5.91 Å². The van der Waals surface area contributed by atoms with Crippen molar-refractivity contribution in [2.75, 3.05) is 27.3 Å². The normalized spacial score (nSPS) is 10.6. The Kier molecular flexibility index (Phi) is 6.17. The first-order chi connectivity index (χ1) is 14.0. The number of amides is 1. The molecule has 0 atom stereocenters. The maximum atomic E-state index is 13.3. The number of para-hydroxylation sites is 1. The standard InChI is InChI=1S/C24H26N2O3/c1-6-26(15-16(2)3)24(27)19-14-21(25-20-10-8-7-9-18(19)20)17-11-12-22(28-4)23(13-17)29-5/h7-14H,2,6,15H2,1,3-5H3. The summed E-state index contributed by atoms with van der Waals surface area (Å²) < 4.78 is 10.8. The highest BCUT2D eigenvalue weighted by Gasteiger charge is 2.19. The highest BCUT2D eigenvalue weighted by molar-refractivity contribution is 6.07. The molecule has 5 heteroatoms. The smallest absolute Gasteiger partial charge is 0.254 e. The Labute approximate surface area is 171 Å². The van der Waals surface area contributed by atoms with Crippen LogP contribution in [0.4, 0.5) is 0 Å². The molecule has 5 nitrogen and oxygen atoms in total. The van der Waals surface area contributed by atoms with Crippen molar-refractivity contribution in [1.82, 2.24) is 9.88 Å². The number of carbonyl (C=O) groups excluding carboxylic acids is 1. The molecule has 0 bridgehead atoms. The van der Waals surface area contributed by atoms with E-state index in [1.165, 1.54) is 0 Å². The van der Waals surface area contributed by atoms with E-state index >= 15 is 0 Å². The maximum absolute atomic E-state index is 13.3. The van der Waals surface area contributed by atoms with Crippen molar-refractivity contribution < 1.29 is 14.3 Å². The van der Waals surface area contributed by atoms with E-state index in [0.717, 1.165) is 22.0 Å². The van der Waals surface area contributed by atoms with Crippen LogP contribution in [0, 0.1) is 0 Å². The minimum atomic E-state index is -0.0316. The van der Waals surface area contributed by atoms with Crippen molar-refractivity contribution >= 4 is 16.8 Å². The second-order valence-corrected chi connectivity index (χ2v) is 6.92. The molecule has 2 aromatic carbocycles. The molecule has 0 aliphatic carbocycles. The van der Waals surface area contributed by atoms with Gasteiger partial charge in [-0.2, -0.15) is 0 Å². The van der Waals surface area contributed by atoms with Gasteiger partial charge in [0.1, 0.15) is 0 Å². The summed E-state index contributed by atoms with van der Waals surface area (Å²) in [6.45, 7) is 8.98. The number of nitrogens with zero attached hydrogens (tertiary/aromatic N) is 2. The topological polar surface area (TPSA) is 51.7 Å². The molecular weight excluding hydrogens is 364 g/mol. The van der Waals surface area contributed by atoms with E-state index < -0.39 is 0 Å². The summed E-state index contributed by atoms with van der Waals surface area (Å²) in [5.41, 5.74) is 3.90. The molecule has 1 aromatic heterocycles. The van der Waals surface area contributed by atoms with Gasteiger partial charge in [0.05, 0.1) is 31.0 Å². The molecule has 0 spiro atoms. The molecule has 0 saturated heterocycles. The van der Waals surface area contributed by atoms with Gasteiger partial charge in [0.15, 0.2) is 11.5 Å². The number of ether oxygens (including phenoxy) is 2. The van der Waals surface area contributed by atoms with E-state index in [1.807, 2.05) is 62.4 Å². The number of hydrogen-bond acceptors (Lipinski definition) is 4. The van der Waals surface area contributed by atoms with Crippen molar-refractivity contribution in [3.05, 3.63) is 66.2 Å². The molecule has 3 aromatic rings. The van der Waals surface area contributed by atoms with Crippen molar-refractivity contribution in [2.24, 2.45) is 0 Å². The second kappa shape index (κ2) is 8.78. The fourth-order valence-corrected chi connectivity index (χ4v) is 3.32. The number of rotatable bonds is 7. The molecule has 1 amide bonds. The molecule has 0 saturated carbocycles. The molecule has 150 valence electrons. The summed E-state index contributed by atoms with van der Waals surface area (Å²) in [4.78, 5) is 19.9. The summed E-state index contributed by atoms with van der Waals surface area (Å²) in [5.74, 6) is 1.23. The maximum Gasteiger partial charge on any atom is 0.254 e. The summed E-state index contributed by atoms with van der Waals surface area (Å²) in [6, 6.07) is 15.2. The summed E-state index contributed by atoms with van der Waals surface area (Å²) >= 11 is 0. The summed E-state index contributed by atoms with van der Waals surface area (Å²) in [6.07, 6.45) is 0. The Morgan fingerprint density at radius 1 is 1.07 bits per heavy atom. The molecule has 29 heavy (non-hydrogen) atoms. The third-order valence-electron chi connectivity index (χ3n) is 4.76. The van der Waals surface area contributed by atoms with E-state index in [2.05, 4.69) is 6.58 Å². The quantitative estimate of drug-likeness (QED) is 0.535. The molecule has 1 heterocycles. The predicted octanol–water partition coefficient (Wildman–Crippen LogP) is 4.96. The summed E-state index contributed by atoms with van der Waals surface area (Å²) in [5, 5.41) is 0.835. The van der Waals surface area contributed by atoms with Crippen molar-refractivity contribution in [1.29, 1.82) is 0 Å². The third kappa shape index (κ3) is 4.24. The molecule has 0 radical (unpaired) electrons. The second-order valence-electron chi connectivity index (χ2n) is 6.92. The number of fused-ring (bicyclic) bond motifs is 1. The van der Waals surface area contributed by atoms with Gasteiger partial charge < -0.3 is 14.4 Å². The zero-order valence-electron chi connectivity index (χ0n) is 17.4. The number of methoxy groups -OCH3 is 2. The number of pyridine rings is 1. The van der Waals surface area contributed by atoms with E-state index in [4.69, 9.17) is 14.5 Å². The average Bonchev–Trinajstić information content (AvgIpc) is 2.75. The van der Waals surface area contributed by atoms with Crippen LogP contribution < -0.4 is 9.47 Å². The van der Waals surface area contributed by atoms with Crippen LogP contribution in [-0.2, 0) is 0 Å². The zero-order valence-corrected chi connectivity index (χ0v) is 17.4. The molecule has 3 rings (SSSR count). The molecule has 0 aliphatic rings. The lowest BCUT2D eigenvalue weighted by molar-refractivity contribution is 0.0780. The van der Waals surface area contributed by atoms with Gasteiger partial charge in [-0.15, -0.1) is 0 Å². The predicted molar refractivity (Wildman–Crippen MR) is 117 cm³/mol. The average molecular weight is 390 g/mol. The van der Waals surface area contributed by atoms with Crippen LogP contribution in [0.2, 0.25) is 0 Å². The zero-order chi connectivity index (χ0) is 21.0. The number of hydrogen-bond donors (Lipinski definition) is 0. The molecular formula is C24H26N2O3. The highest BCUT2D eigenvalue weighted by Crippen LogP contribution is 2.33. The Hall–Kier alpha value is -3.34. The van der Waals surface area contributed by atoms with Crippen molar-refractivity contribution in [3.63, 3.8) is 0 Å². The van der Waals surface area contributed by atoms with Crippen molar-refractivity contribution in [3.8, 4) is 22.8 Å².